The molecule has 120 valence electrons. The molecular weight excluding hydrogens is 294 g/mol. The Kier molecular flexibility index (Phi) is 4.06. The number of nitrogens with one attached hydrogen (secondary N) is 1. The van der Waals surface area contributed by atoms with Crippen molar-refractivity contribution in [3.63, 3.8) is 0 Å². The van der Waals surface area contributed by atoms with E-state index in [9.17, 15) is 0 Å². The van der Waals surface area contributed by atoms with Crippen molar-refractivity contribution >= 4 is 10.9 Å². The number of aromatic nitrogens is 1. The Morgan fingerprint density at radius 1 is 1.17 bits per heavy atom. The van der Waals surface area contributed by atoms with Crippen LogP contribution in [-0.2, 0) is 13.0 Å². The van der Waals surface area contributed by atoms with E-state index in [1.54, 1.807) is 0 Å². The molecule has 4 rings (SSSR count). The van der Waals surface area contributed by atoms with Crippen molar-refractivity contribution in [2.45, 2.75) is 19.4 Å². The van der Waals surface area contributed by atoms with Gasteiger partial charge in [-0.3, -0.25) is 4.90 Å². The molecule has 3 nitrogen and oxygen atoms in total. The topological polar surface area (TPSA) is 42.8 Å². The lowest BCUT2D eigenvalue weighted by Gasteiger charge is -2.16. The lowest BCUT2D eigenvalue weighted by Crippen LogP contribution is -2.20. The van der Waals surface area contributed by atoms with Gasteiger partial charge in [0.25, 0.3) is 0 Å². The van der Waals surface area contributed by atoms with Crippen molar-refractivity contribution in [2.75, 3.05) is 13.1 Å². The van der Waals surface area contributed by atoms with E-state index < -0.39 is 0 Å². The van der Waals surface area contributed by atoms with Crippen molar-refractivity contribution < 1.29 is 0 Å². The third-order valence-corrected chi connectivity index (χ3v) is 5.02. The van der Waals surface area contributed by atoms with Gasteiger partial charge in [-0.2, -0.15) is 5.26 Å². The molecular formula is C21H21N3. The molecule has 1 unspecified atom stereocenters. The molecule has 1 N–H and O–H groups in total. The highest BCUT2D eigenvalue weighted by Crippen LogP contribution is 2.27. The van der Waals surface area contributed by atoms with Crippen LogP contribution in [0.1, 0.15) is 23.1 Å². The summed E-state index contributed by atoms with van der Waals surface area (Å²) >= 11 is 0. The average Bonchev–Trinajstić information content (AvgIpc) is 3.23. The quantitative estimate of drug-likeness (QED) is 0.787. The van der Waals surface area contributed by atoms with E-state index in [2.05, 4.69) is 52.5 Å². The maximum atomic E-state index is 9.12. The summed E-state index contributed by atoms with van der Waals surface area (Å²) in [5, 5.41) is 10.3. The molecule has 1 aliphatic rings. The van der Waals surface area contributed by atoms with E-state index in [0.717, 1.165) is 30.6 Å². The number of hydrogen-bond donors (Lipinski definition) is 1. The first-order valence-electron chi connectivity index (χ1n) is 8.58. The smallest absolute Gasteiger partial charge is 0.0991 e. The summed E-state index contributed by atoms with van der Waals surface area (Å²) < 4.78 is 0. The van der Waals surface area contributed by atoms with Crippen LogP contribution < -0.4 is 0 Å². The number of hydrogen-bond acceptors (Lipinski definition) is 2. The molecule has 3 aromatic rings. The highest BCUT2D eigenvalue weighted by atomic mass is 15.1. The second-order valence-corrected chi connectivity index (χ2v) is 6.77. The Morgan fingerprint density at radius 3 is 2.88 bits per heavy atom. The molecule has 2 heterocycles. The first kappa shape index (κ1) is 15.0. The minimum atomic E-state index is 0.693. The van der Waals surface area contributed by atoms with Crippen LogP contribution in [0, 0.1) is 17.2 Å². The normalized spacial score (nSPS) is 18.0. The summed E-state index contributed by atoms with van der Waals surface area (Å²) in [6.45, 7) is 3.37. The number of aromatic amines is 1. The Bertz CT molecular complexity index is 873. The lowest BCUT2D eigenvalue weighted by molar-refractivity contribution is 0.316. The molecule has 0 amide bonds. The Morgan fingerprint density at radius 2 is 2.04 bits per heavy atom. The van der Waals surface area contributed by atoms with Crippen LogP contribution in [0.2, 0.25) is 0 Å². The van der Waals surface area contributed by atoms with Gasteiger partial charge in [-0.25, -0.2) is 0 Å². The van der Waals surface area contributed by atoms with Gasteiger partial charge in [-0.1, -0.05) is 30.3 Å². The van der Waals surface area contributed by atoms with Gasteiger partial charge in [-0.15, -0.1) is 0 Å². The predicted octanol–water partition coefficient (Wildman–Crippen LogP) is 4.10. The third-order valence-electron chi connectivity index (χ3n) is 5.02. The van der Waals surface area contributed by atoms with E-state index in [-0.39, 0.29) is 0 Å². The standard InChI is InChI=1S/C21H21N3/c22-12-17-6-7-21-20(11-17)19(13-23-21)10-18-8-9-24(15-18)14-16-4-2-1-3-5-16/h1-7,11,13,18,23H,8-10,14-15H2. The SMILES string of the molecule is N#Cc1ccc2[nH]cc(CC3CCN(Cc4ccccc4)C3)c2c1. The molecule has 0 aliphatic carbocycles. The minimum Gasteiger partial charge on any atom is -0.361 e. The zero-order valence-corrected chi connectivity index (χ0v) is 13.7. The van der Waals surface area contributed by atoms with Crippen molar-refractivity contribution in [1.82, 2.24) is 9.88 Å². The fraction of sp³-hybridized carbons (Fsp3) is 0.286. The number of benzene rings is 2. The molecule has 1 fully saturated rings. The fourth-order valence-electron chi connectivity index (χ4n) is 3.79. The highest BCUT2D eigenvalue weighted by Gasteiger charge is 2.23. The molecule has 0 spiro atoms. The molecule has 0 saturated carbocycles. The zero-order chi connectivity index (χ0) is 16.4. The van der Waals surface area contributed by atoms with Crippen LogP contribution in [0.25, 0.3) is 10.9 Å². The van der Waals surface area contributed by atoms with Crippen LogP contribution in [0.5, 0.6) is 0 Å². The van der Waals surface area contributed by atoms with E-state index >= 15 is 0 Å². The summed E-state index contributed by atoms with van der Waals surface area (Å²) in [7, 11) is 0. The van der Waals surface area contributed by atoms with Gasteiger partial charge in [0.1, 0.15) is 0 Å². The molecule has 1 saturated heterocycles. The maximum absolute atomic E-state index is 9.12. The Balaban J connectivity index is 1.44. The second kappa shape index (κ2) is 6.51. The molecule has 1 aliphatic heterocycles. The highest BCUT2D eigenvalue weighted by molar-refractivity contribution is 5.84. The van der Waals surface area contributed by atoms with Gasteiger partial charge in [0.05, 0.1) is 11.6 Å². The third kappa shape index (κ3) is 3.06. The number of likely N-dealkylation sites (tertiary alicyclic amines) is 1. The van der Waals surface area contributed by atoms with Gasteiger partial charge in [0.2, 0.25) is 0 Å². The number of fused-ring (bicyclic) bond motifs is 1. The summed E-state index contributed by atoms with van der Waals surface area (Å²) in [5.41, 5.74) is 4.60. The van der Waals surface area contributed by atoms with Crippen molar-refractivity contribution in [3.05, 3.63) is 71.4 Å². The van der Waals surface area contributed by atoms with Crippen LogP contribution >= 0.6 is 0 Å². The average molecular weight is 315 g/mol. The molecule has 0 bridgehead atoms. The van der Waals surface area contributed by atoms with Gasteiger partial charge >= 0.3 is 0 Å². The van der Waals surface area contributed by atoms with E-state index in [4.69, 9.17) is 5.26 Å². The maximum Gasteiger partial charge on any atom is 0.0991 e. The minimum absolute atomic E-state index is 0.693. The molecule has 3 heteroatoms. The Labute approximate surface area is 142 Å². The number of H-pyrrole nitrogens is 1. The summed E-state index contributed by atoms with van der Waals surface area (Å²) in [4.78, 5) is 5.89. The lowest BCUT2D eigenvalue weighted by atomic mass is 9.98. The van der Waals surface area contributed by atoms with Gasteiger partial charge in [0.15, 0.2) is 0 Å². The zero-order valence-electron chi connectivity index (χ0n) is 13.7. The largest absolute Gasteiger partial charge is 0.361 e. The second-order valence-electron chi connectivity index (χ2n) is 6.77. The molecule has 0 radical (unpaired) electrons. The predicted molar refractivity (Wildman–Crippen MR) is 96.5 cm³/mol. The van der Waals surface area contributed by atoms with Crippen LogP contribution in [0.15, 0.2) is 54.7 Å². The molecule has 2 aromatic carbocycles. The summed E-state index contributed by atoms with van der Waals surface area (Å²) in [6.07, 6.45) is 4.45. The Hall–Kier alpha value is -2.57. The van der Waals surface area contributed by atoms with E-state index in [1.807, 2.05) is 18.2 Å². The number of nitriles is 1. The molecule has 1 atom stereocenters. The van der Waals surface area contributed by atoms with E-state index in [0.29, 0.717) is 5.92 Å². The van der Waals surface area contributed by atoms with E-state index in [1.165, 1.54) is 29.5 Å². The fourth-order valence-corrected chi connectivity index (χ4v) is 3.79. The van der Waals surface area contributed by atoms with Crippen molar-refractivity contribution in [1.29, 1.82) is 5.26 Å². The monoisotopic (exact) mass is 315 g/mol. The summed E-state index contributed by atoms with van der Waals surface area (Å²) in [6, 6.07) is 18.8. The molecule has 24 heavy (non-hydrogen) atoms. The van der Waals surface area contributed by atoms with Gasteiger partial charge in [-0.05, 0) is 54.6 Å². The van der Waals surface area contributed by atoms with Crippen LogP contribution in [0.3, 0.4) is 0 Å². The number of rotatable bonds is 4. The van der Waals surface area contributed by atoms with Crippen molar-refractivity contribution in [3.8, 4) is 6.07 Å². The molecule has 1 aromatic heterocycles. The first-order chi connectivity index (χ1) is 11.8. The first-order valence-corrected chi connectivity index (χ1v) is 8.58. The van der Waals surface area contributed by atoms with Crippen molar-refractivity contribution in [2.24, 2.45) is 5.92 Å². The van der Waals surface area contributed by atoms with Gasteiger partial charge in [0, 0.05) is 30.2 Å². The van der Waals surface area contributed by atoms with Crippen LogP contribution in [0.4, 0.5) is 0 Å². The summed E-state index contributed by atoms with van der Waals surface area (Å²) in [5.74, 6) is 0.693. The number of nitrogens with zero attached hydrogens (tertiary/aromatic N) is 2. The van der Waals surface area contributed by atoms with Gasteiger partial charge < -0.3 is 4.98 Å². The van der Waals surface area contributed by atoms with Crippen LogP contribution in [-0.4, -0.2) is 23.0 Å².